The third kappa shape index (κ3) is 6.36. The normalized spacial score (nSPS) is 10.7. The summed E-state index contributed by atoms with van der Waals surface area (Å²) < 4.78 is 13.0. The van der Waals surface area contributed by atoms with Gasteiger partial charge in [-0.3, -0.25) is 9.59 Å². The summed E-state index contributed by atoms with van der Waals surface area (Å²) in [6.07, 6.45) is 0. The molecule has 0 unspecified atom stereocenters. The molecule has 4 rings (SSSR count). The van der Waals surface area contributed by atoms with E-state index in [9.17, 15) is 14.0 Å². The van der Waals surface area contributed by atoms with Gasteiger partial charge >= 0.3 is 0 Å². The molecule has 0 atom stereocenters. The van der Waals surface area contributed by atoms with Crippen molar-refractivity contribution in [2.24, 2.45) is 0 Å². The zero-order chi connectivity index (χ0) is 24.1. The highest BCUT2D eigenvalue weighted by atomic mass is 35.5. The molecule has 0 bridgehead atoms. The maximum atomic E-state index is 13.0. The molecule has 0 aliphatic carbocycles. The molecular formula is C24H16Cl2FN3O2S2. The van der Waals surface area contributed by atoms with Crippen molar-refractivity contribution < 1.29 is 14.0 Å². The van der Waals surface area contributed by atoms with Crippen LogP contribution in [-0.4, -0.2) is 22.6 Å². The molecule has 1 heterocycles. The van der Waals surface area contributed by atoms with Crippen LogP contribution in [0.25, 0.3) is 11.3 Å². The van der Waals surface area contributed by atoms with Gasteiger partial charge in [0.25, 0.3) is 5.91 Å². The number of carbonyl (C=O) groups is 2. The van der Waals surface area contributed by atoms with Crippen LogP contribution >= 0.6 is 46.3 Å². The second-order valence-electron chi connectivity index (χ2n) is 6.99. The Kier molecular flexibility index (Phi) is 7.84. The van der Waals surface area contributed by atoms with Gasteiger partial charge in [0.2, 0.25) is 5.91 Å². The number of nitrogens with zero attached hydrogens (tertiary/aromatic N) is 1. The standard InChI is InChI=1S/C24H16Cl2FN3O2S2/c25-19-9-6-15(10-20(19)26)21-12-34-24(29-21)30-22(31)13-33-18-3-1-2-17(11-18)28-23(32)14-4-7-16(27)8-5-14/h1-12H,13H2,(H,28,32)(H,29,30,31). The van der Waals surface area contributed by atoms with Crippen LogP contribution in [0.1, 0.15) is 10.4 Å². The lowest BCUT2D eigenvalue weighted by molar-refractivity contribution is -0.113. The Morgan fingerprint density at radius 1 is 0.971 bits per heavy atom. The van der Waals surface area contributed by atoms with Gasteiger partial charge in [-0.25, -0.2) is 9.37 Å². The van der Waals surface area contributed by atoms with Crippen LogP contribution in [0.2, 0.25) is 10.0 Å². The van der Waals surface area contributed by atoms with Crippen molar-refractivity contribution in [3.05, 3.63) is 93.5 Å². The second kappa shape index (κ2) is 11.0. The number of thioether (sulfide) groups is 1. The third-order valence-corrected chi connectivity index (χ3v) is 7.02. The fourth-order valence-corrected chi connectivity index (χ4v) is 4.68. The van der Waals surface area contributed by atoms with Crippen molar-refractivity contribution in [1.82, 2.24) is 4.98 Å². The van der Waals surface area contributed by atoms with E-state index in [-0.39, 0.29) is 17.6 Å². The summed E-state index contributed by atoms with van der Waals surface area (Å²) in [6.45, 7) is 0. The van der Waals surface area contributed by atoms with Crippen molar-refractivity contribution in [3.63, 3.8) is 0 Å². The van der Waals surface area contributed by atoms with E-state index in [2.05, 4.69) is 15.6 Å². The monoisotopic (exact) mass is 531 g/mol. The van der Waals surface area contributed by atoms with Crippen LogP contribution in [0.5, 0.6) is 0 Å². The van der Waals surface area contributed by atoms with Crippen LogP contribution in [0, 0.1) is 5.82 Å². The quantitative estimate of drug-likeness (QED) is 0.246. The summed E-state index contributed by atoms with van der Waals surface area (Å²) in [6, 6.07) is 17.7. The lowest BCUT2D eigenvalue weighted by Crippen LogP contribution is -2.14. The van der Waals surface area contributed by atoms with Gasteiger partial charge in [-0.1, -0.05) is 35.3 Å². The molecule has 34 heavy (non-hydrogen) atoms. The molecule has 0 aliphatic heterocycles. The molecule has 0 aliphatic rings. The van der Waals surface area contributed by atoms with E-state index in [0.29, 0.717) is 32.1 Å². The number of nitrogens with one attached hydrogen (secondary N) is 2. The molecule has 0 spiro atoms. The number of carbonyl (C=O) groups excluding carboxylic acids is 2. The van der Waals surface area contributed by atoms with Crippen LogP contribution < -0.4 is 10.6 Å². The van der Waals surface area contributed by atoms with E-state index < -0.39 is 5.82 Å². The lowest BCUT2D eigenvalue weighted by atomic mass is 10.2. The highest BCUT2D eigenvalue weighted by Gasteiger charge is 2.11. The fraction of sp³-hybridized carbons (Fsp3) is 0.0417. The van der Waals surface area contributed by atoms with E-state index >= 15 is 0 Å². The average Bonchev–Trinajstić information content (AvgIpc) is 3.28. The molecule has 172 valence electrons. The predicted molar refractivity (Wildman–Crippen MR) is 138 cm³/mol. The SMILES string of the molecule is O=C(CSc1cccc(NC(=O)c2ccc(F)cc2)c1)Nc1nc(-c2ccc(Cl)c(Cl)c2)cs1. The van der Waals surface area contributed by atoms with Crippen molar-refractivity contribution in [1.29, 1.82) is 0 Å². The molecule has 4 aromatic rings. The highest BCUT2D eigenvalue weighted by molar-refractivity contribution is 8.00. The molecule has 0 radical (unpaired) electrons. The topological polar surface area (TPSA) is 71.1 Å². The van der Waals surface area contributed by atoms with Gasteiger partial charge in [-0.05, 0) is 54.6 Å². The van der Waals surface area contributed by atoms with E-state index in [1.165, 1.54) is 47.4 Å². The molecule has 3 aromatic carbocycles. The van der Waals surface area contributed by atoms with E-state index in [1.54, 1.807) is 30.3 Å². The largest absolute Gasteiger partial charge is 0.322 e. The summed E-state index contributed by atoms with van der Waals surface area (Å²) in [5.41, 5.74) is 2.42. The molecular weight excluding hydrogens is 516 g/mol. The Morgan fingerprint density at radius 3 is 2.53 bits per heavy atom. The van der Waals surface area contributed by atoms with Crippen LogP contribution in [0.15, 0.2) is 77.0 Å². The Bertz CT molecular complexity index is 1350. The van der Waals surface area contributed by atoms with E-state index in [4.69, 9.17) is 23.2 Å². The number of aromatic nitrogens is 1. The van der Waals surface area contributed by atoms with Crippen LogP contribution in [0.3, 0.4) is 0 Å². The fourth-order valence-electron chi connectivity index (χ4n) is 2.89. The van der Waals surface area contributed by atoms with E-state index in [0.717, 1.165) is 10.5 Å². The number of halogens is 3. The van der Waals surface area contributed by atoms with Crippen LogP contribution in [0.4, 0.5) is 15.2 Å². The first-order chi connectivity index (χ1) is 16.4. The smallest absolute Gasteiger partial charge is 0.255 e. The summed E-state index contributed by atoms with van der Waals surface area (Å²) in [7, 11) is 0. The highest BCUT2D eigenvalue weighted by Crippen LogP contribution is 2.30. The molecule has 0 saturated heterocycles. The summed E-state index contributed by atoms with van der Waals surface area (Å²) >= 11 is 14.7. The number of anilines is 2. The average molecular weight is 532 g/mol. The first kappa shape index (κ1) is 24.2. The number of hydrogen-bond donors (Lipinski definition) is 2. The zero-order valence-corrected chi connectivity index (χ0v) is 20.5. The molecule has 1 aromatic heterocycles. The Balaban J connectivity index is 1.32. The number of benzene rings is 3. The maximum absolute atomic E-state index is 13.0. The van der Waals surface area contributed by atoms with E-state index in [1.807, 2.05) is 17.5 Å². The van der Waals surface area contributed by atoms with Gasteiger partial charge in [0.1, 0.15) is 5.82 Å². The zero-order valence-electron chi connectivity index (χ0n) is 17.3. The lowest BCUT2D eigenvalue weighted by Gasteiger charge is -2.08. The maximum Gasteiger partial charge on any atom is 0.255 e. The van der Waals surface area contributed by atoms with Gasteiger partial charge in [0.15, 0.2) is 5.13 Å². The second-order valence-corrected chi connectivity index (χ2v) is 9.71. The van der Waals surface area contributed by atoms with Gasteiger partial charge < -0.3 is 10.6 Å². The summed E-state index contributed by atoms with van der Waals surface area (Å²) in [5.74, 6) is -0.796. The number of hydrogen-bond acceptors (Lipinski definition) is 5. The van der Waals surface area contributed by atoms with Gasteiger partial charge in [-0.15, -0.1) is 23.1 Å². The Hall–Kier alpha value is -2.91. The summed E-state index contributed by atoms with van der Waals surface area (Å²) in [4.78, 5) is 30.0. The number of thiazole rings is 1. The number of rotatable bonds is 7. The number of amides is 2. The Morgan fingerprint density at radius 2 is 1.76 bits per heavy atom. The molecule has 2 amide bonds. The molecule has 0 fully saturated rings. The van der Waals surface area contributed by atoms with Gasteiger partial charge in [0.05, 0.1) is 21.5 Å². The Labute approximate surface area is 213 Å². The predicted octanol–water partition coefficient (Wildman–Crippen LogP) is 7.24. The van der Waals surface area contributed by atoms with Crippen molar-refractivity contribution in [2.75, 3.05) is 16.4 Å². The van der Waals surface area contributed by atoms with Crippen molar-refractivity contribution in [3.8, 4) is 11.3 Å². The molecule has 2 N–H and O–H groups in total. The molecule has 0 saturated carbocycles. The van der Waals surface area contributed by atoms with Crippen LogP contribution in [-0.2, 0) is 4.79 Å². The molecule has 10 heteroatoms. The first-order valence-electron chi connectivity index (χ1n) is 9.88. The molecule has 5 nitrogen and oxygen atoms in total. The van der Waals surface area contributed by atoms with Crippen molar-refractivity contribution >= 4 is 68.9 Å². The minimum atomic E-state index is -0.406. The summed E-state index contributed by atoms with van der Waals surface area (Å²) in [5, 5.41) is 8.77. The third-order valence-electron chi connectivity index (χ3n) is 4.53. The minimum absolute atomic E-state index is 0.164. The minimum Gasteiger partial charge on any atom is -0.322 e. The van der Waals surface area contributed by atoms with Gasteiger partial charge in [-0.2, -0.15) is 0 Å². The van der Waals surface area contributed by atoms with Gasteiger partial charge in [0, 0.05) is 27.1 Å². The first-order valence-corrected chi connectivity index (χ1v) is 12.5. The van der Waals surface area contributed by atoms with Crippen molar-refractivity contribution in [2.45, 2.75) is 4.90 Å².